The second-order valence-corrected chi connectivity index (χ2v) is 9.03. The Labute approximate surface area is 192 Å². The van der Waals surface area contributed by atoms with Gasteiger partial charge in [0.25, 0.3) is 0 Å². The standard InChI is InChI=1S/C21H22Cl2F4N4O/c1-12(31-18(13-5-6-13)17(23)19(28-31)21(25,26)27)20(32)30-9-7-29(8-10-30)11-14-15(22)3-2-4-16(14)24/h2-4,12-13H,5-11H2,1H3. The van der Waals surface area contributed by atoms with Crippen molar-refractivity contribution in [1.82, 2.24) is 19.6 Å². The Balaban J connectivity index is 1.45. The molecule has 32 heavy (non-hydrogen) atoms. The smallest absolute Gasteiger partial charge is 0.338 e. The number of hydrogen-bond acceptors (Lipinski definition) is 3. The molecule has 2 fully saturated rings. The molecule has 1 amide bonds. The van der Waals surface area contributed by atoms with Crippen LogP contribution in [-0.2, 0) is 17.5 Å². The van der Waals surface area contributed by atoms with Crippen LogP contribution in [0.15, 0.2) is 18.2 Å². The Morgan fingerprint density at radius 1 is 1.19 bits per heavy atom. The highest BCUT2D eigenvalue weighted by atomic mass is 35.5. The molecular formula is C21H22Cl2F4N4O. The number of hydrogen-bond donors (Lipinski definition) is 0. The molecule has 1 atom stereocenters. The molecule has 2 aliphatic rings. The van der Waals surface area contributed by atoms with E-state index in [-0.39, 0.29) is 23.3 Å². The minimum Gasteiger partial charge on any atom is -0.338 e. The van der Waals surface area contributed by atoms with Gasteiger partial charge in [-0.15, -0.1) is 0 Å². The van der Waals surface area contributed by atoms with E-state index in [4.69, 9.17) is 23.2 Å². The quantitative estimate of drug-likeness (QED) is 0.543. The second-order valence-electron chi connectivity index (χ2n) is 8.24. The molecule has 1 aromatic heterocycles. The summed E-state index contributed by atoms with van der Waals surface area (Å²) in [5.74, 6) is -0.805. The van der Waals surface area contributed by atoms with Crippen LogP contribution < -0.4 is 0 Å². The molecule has 11 heteroatoms. The van der Waals surface area contributed by atoms with Gasteiger partial charge in [-0.1, -0.05) is 29.3 Å². The van der Waals surface area contributed by atoms with Crippen LogP contribution in [0.4, 0.5) is 17.6 Å². The van der Waals surface area contributed by atoms with E-state index in [0.717, 1.165) is 17.5 Å². The van der Waals surface area contributed by atoms with Crippen LogP contribution in [0.2, 0.25) is 10.0 Å². The minimum atomic E-state index is -4.69. The van der Waals surface area contributed by atoms with Gasteiger partial charge in [0.15, 0.2) is 5.69 Å². The van der Waals surface area contributed by atoms with E-state index < -0.39 is 22.9 Å². The monoisotopic (exact) mass is 492 g/mol. The van der Waals surface area contributed by atoms with Crippen molar-refractivity contribution in [3.63, 3.8) is 0 Å². The normalized spacial score (nSPS) is 18.8. The number of carbonyl (C=O) groups is 1. The summed E-state index contributed by atoms with van der Waals surface area (Å²) >= 11 is 12.1. The molecule has 5 nitrogen and oxygen atoms in total. The Bertz CT molecular complexity index is 994. The molecule has 2 aromatic rings. The summed E-state index contributed by atoms with van der Waals surface area (Å²) in [6.45, 7) is 3.59. The van der Waals surface area contributed by atoms with Crippen molar-refractivity contribution in [3.05, 3.63) is 51.0 Å². The van der Waals surface area contributed by atoms with Crippen LogP contribution >= 0.6 is 23.2 Å². The van der Waals surface area contributed by atoms with Gasteiger partial charge in [0.2, 0.25) is 5.91 Å². The van der Waals surface area contributed by atoms with Crippen molar-refractivity contribution in [1.29, 1.82) is 0 Å². The zero-order valence-corrected chi connectivity index (χ0v) is 18.8. The summed E-state index contributed by atoms with van der Waals surface area (Å²) in [6.07, 6.45) is -3.24. The lowest BCUT2D eigenvalue weighted by Crippen LogP contribution is -2.50. The van der Waals surface area contributed by atoms with Crippen LogP contribution in [0.25, 0.3) is 0 Å². The molecule has 0 radical (unpaired) electrons. The zero-order chi connectivity index (χ0) is 23.2. The molecule has 0 bridgehead atoms. The summed E-state index contributed by atoms with van der Waals surface area (Å²) in [4.78, 5) is 16.7. The molecular weight excluding hydrogens is 471 g/mol. The van der Waals surface area contributed by atoms with Crippen molar-refractivity contribution in [3.8, 4) is 0 Å². The highest BCUT2D eigenvalue weighted by Crippen LogP contribution is 2.47. The maximum Gasteiger partial charge on any atom is 0.436 e. The predicted octanol–water partition coefficient (Wildman–Crippen LogP) is 5.13. The van der Waals surface area contributed by atoms with Crippen molar-refractivity contribution in [2.75, 3.05) is 26.2 Å². The van der Waals surface area contributed by atoms with E-state index in [9.17, 15) is 22.4 Å². The average Bonchev–Trinajstić information content (AvgIpc) is 3.51. The second kappa shape index (κ2) is 8.83. The van der Waals surface area contributed by atoms with E-state index in [1.165, 1.54) is 6.07 Å². The van der Waals surface area contributed by atoms with Crippen LogP contribution in [-0.4, -0.2) is 51.7 Å². The van der Waals surface area contributed by atoms with E-state index in [0.29, 0.717) is 43.3 Å². The molecule has 1 aliphatic heterocycles. The van der Waals surface area contributed by atoms with Gasteiger partial charge in [-0.05, 0) is 31.9 Å². The van der Waals surface area contributed by atoms with E-state index in [2.05, 4.69) is 5.10 Å². The first kappa shape index (κ1) is 23.3. The van der Waals surface area contributed by atoms with Crippen LogP contribution in [0.1, 0.15) is 48.7 Å². The fraction of sp³-hybridized carbons (Fsp3) is 0.524. The van der Waals surface area contributed by atoms with Crippen molar-refractivity contribution in [2.45, 2.75) is 44.4 Å². The maximum atomic E-state index is 14.1. The third-order valence-electron chi connectivity index (χ3n) is 5.97. The first-order chi connectivity index (χ1) is 15.1. The number of benzene rings is 1. The first-order valence-electron chi connectivity index (χ1n) is 10.4. The summed E-state index contributed by atoms with van der Waals surface area (Å²) in [5.41, 5.74) is -0.456. The molecule has 1 unspecified atom stereocenters. The third-order valence-corrected chi connectivity index (χ3v) is 6.70. The Morgan fingerprint density at radius 3 is 2.41 bits per heavy atom. The third kappa shape index (κ3) is 4.61. The fourth-order valence-corrected chi connectivity index (χ4v) is 4.64. The van der Waals surface area contributed by atoms with E-state index in [1.807, 2.05) is 4.90 Å². The number of carbonyl (C=O) groups excluding carboxylic acids is 1. The number of nitrogens with zero attached hydrogens (tertiary/aromatic N) is 4. The van der Waals surface area contributed by atoms with Crippen molar-refractivity contribution in [2.24, 2.45) is 0 Å². The number of alkyl halides is 3. The lowest BCUT2D eigenvalue weighted by Gasteiger charge is -2.36. The molecule has 4 rings (SSSR count). The molecule has 0 N–H and O–H groups in total. The van der Waals surface area contributed by atoms with Gasteiger partial charge in [-0.2, -0.15) is 18.3 Å². The minimum absolute atomic E-state index is 0.108. The van der Waals surface area contributed by atoms with Crippen LogP contribution in [0.3, 0.4) is 0 Å². The SMILES string of the molecule is CC(C(=O)N1CCN(Cc2c(F)cccc2Cl)CC1)n1nc(C(F)(F)F)c(Cl)c1C1CC1. The number of amides is 1. The molecule has 1 aliphatic carbocycles. The number of rotatable bonds is 5. The molecule has 0 spiro atoms. The topological polar surface area (TPSA) is 41.4 Å². The van der Waals surface area contributed by atoms with Gasteiger partial charge in [0.1, 0.15) is 11.9 Å². The molecule has 2 heterocycles. The first-order valence-corrected chi connectivity index (χ1v) is 11.1. The average molecular weight is 493 g/mol. The van der Waals surface area contributed by atoms with Gasteiger partial charge in [0, 0.05) is 49.2 Å². The Morgan fingerprint density at radius 2 is 1.84 bits per heavy atom. The lowest BCUT2D eigenvalue weighted by atomic mass is 10.1. The largest absolute Gasteiger partial charge is 0.436 e. The van der Waals surface area contributed by atoms with Crippen molar-refractivity contribution >= 4 is 29.1 Å². The van der Waals surface area contributed by atoms with E-state index in [1.54, 1.807) is 24.0 Å². The van der Waals surface area contributed by atoms with Gasteiger partial charge in [-0.3, -0.25) is 14.4 Å². The maximum absolute atomic E-state index is 14.1. The summed E-state index contributed by atoms with van der Waals surface area (Å²) in [5, 5.41) is 3.63. The lowest BCUT2D eigenvalue weighted by molar-refractivity contribution is -0.142. The van der Waals surface area contributed by atoms with Crippen LogP contribution in [0, 0.1) is 5.82 Å². The van der Waals surface area contributed by atoms with Gasteiger partial charge in [0.05, 0.1) is 10.7 Å². The summed E-state index contributed by atoms with van der Waals surface area (Å²) in [6, 6.07) is 3.61. The van der Waals surface area contributed by atoms with Gasteiger partial charge < -0.3 is 4.90 Å². The fourth-order valence-electron chi connectivity index (χ4n) is 4.03. The Kier molecular flexibility index (Phi) is 6.44. The zero-order valence-electron chi connectivity index (χ0n) is 17.3. The number of aromatic nitrogens is 2. The van der Waals surface area contributed by atoms with Crippen molar-refractivity contribution < 1.29 is 22.4 Å². The molecule has 1 saturated heterocycles. The molecule has 1 aromatic carbocycles. The van der Waals surface area contributed by atoms with Gasteiger partial charge >= 0.3 is 6.18 Å². The molecule has 174 valence electrons. The van der Waals surface area contributed by atoms with Crippen LogP contribution in [0.5, 0.6) is 0 Å². The Hall–Kier alpha value is -1.84. The highest BCUT2D eigenvalue weighted by Gasteiger charge is 2.43. The van der Waals surface area contributed by atoms with Gasteiger partial charge in [-0.25, -0.2) is 4.39 Å². The number of piperazine rings is 1. The number of halogens is 6. The predicted molar refractivity (Wildman–Crippen MR) is 112 cm³/mol. The summed E-state index contributed by atoms with van der Waals surface area (Å²) < 4.78 is 55.2. The summed E-state index contributed by atoms with van der Waals surface area (Å²) in [7, 11) is 0. The van der Waals surface area contributed by atoms with E-state index >= 15 is 0 Å². The highest BCUT2D eigenvalue weighted by molar-refractivity contribution is 6.32. The molecule has 1 saturated carbocycles.